The number of rotatable bonds is 7. The van der Waals surface area contributed by atoms with Crippen molar-refractivity contribution in [3.63, 3.8) is 0 Å². The number of hydrogen-bond acceptors (Lipinski definition) is 4. The number of hydrogen-bond donors (Lipinski definition) is 0. The summed E-state index contributed by atoms with van der Waals surface area (Å²) in [5.74, 6) is 0.957. The molecule has 0 heterocycles. The Morgan fingerprint density at radius 2 is 1.76 bits per heavy atom. The van der Waals surface area contributed by atoms with E-state index in [1.165, 1.54) is 18.2 Å². The summed E-state index contributed by atoms with van der Waals surface area (Å²) in [4.78, 5) is 10.4. The van der Waals surface area contributed by atoms with Gasteiger partial charge in [0, 0.05) is 23.6 Å². The Balaban J connectivity index is 1.81. The second-order valence-corrected chi connectivity index (χ2v) is 4.67. The van der Waals surface area contributed by atoms with Gasteiger partial charge in [-0.05, 0) is 18.2 Å². The molecule has 0 atom stereocenters. The molecule has 2 rings (SSSR count). The van der Waals surface area contributed by atoms with Crippen molar-refractivity contribution in [3.05, 3.63) is 63.7 Å². The molecule has 0 bridgehead atoms. The molecule has 5 nitrogen and oxygen atoms in total. The van der Waals surface area contributed by atoms with Crippen LogP contribution in [0.25, 0.3) is 0 Å². The third-order valence-electron chi connectivity index (χ3n) is 2.68. The van der Waals surface area contributed by atoms with Crippen LogP contribution in [0.2, 0.25) is 5.02 Å². The van der Waals surface area contributed by atoms with Gasteiger partial charge in [-0.15, -0.1) is 0 Å². The Morgan fingerprint density at radius 3 is 2.48 bits per heavy atom. The first-order valence-corrected chi connectivity index (χ1v) is 6.79. The van der Waals surface area contributed by atoms with Gasteiger partial charge in [-0.25, -0.2) is 0 Å². The molecule has 0 aliphatic heterocycles. The van der Waals surface area contributed by atoms with E-state index in [0.29, 0.717) is 24.7 Å². The molecule has 0 fully saturated rings. The average molecular weight is 308 g/mol. The summed E-state index contributed by atoms with van der Waals surface area (Å²) < 4.78 is 10.9. The Bertz CT molecular complexity index is 604. The van der Waals surface area contributed by atoms with E-state index in [1.54, 1.807) is 0 Å². The monoisotopic (exact) mass is 307 g/mol. The lowest BCUT2D eigenvalue weighted by molar-refractivity contribution is -0.385. The number of halogens is 1. The van der Waals surface area contributed by atoms with Crippen molar-refractivity contribution in [3.8, 4) is 11.5 Å². The first kappa shape index (κ1) is 15.1. The Hall–Kier alpha value is -2.27. The maximum Gasteiger partial charge on any atom is 0.311 e. The molecule has 2 aromatic carbocycles. The highest BCUT2D eigenvalue weighted by Gasteiger charge is 2.15. The van der Waals surface area contributed by atoms with E-state index in [2.05, 4.69) is 0 Å². The molecule has 0 saturated heterocycles. The van der Waals surface area contributed by atoms with Crippen LogP contribution in [0.1, 0.15) is 6.42 Å². The summed E-state index contributed by atoms with van der Waals surface area (Å²) in [7, 11) is 0. The molecule has 2 aromatic rings. The van der Waals surface area contributed by atoms with Crippen molar-refractivity contribution in [2.45, 2.75) is 6.42 Å². The van der Waals surface area contributed by atoms with Gasteiger partial charge < -0.3 is 9.47 Å². The maximum absolute atomic E-state index is 10.9. The summed E-state index contributed by atoms with van der Waals surface area (Å²) in [5, 5.41) is 11.3. The van der Waals surface area contributed by atoms with Crippen LogP contribution >= 0.6 is 11.6 Å². The highest BCUT2D eigenvalue weighted by molar-refractivity contribution is 6.30. The Morgan fingerprint density at radius 1 is 1.05 bits per heavy atom. The molecule has 0 unspecified atom stereocenters. The predicted molar refractivity (Wildman–Crippen MR) is 80.2 cm³/mol. The largest absolute Gasteiger partial charge is 0.493 e. The molecule has 0 amide bonds. The SMILES string of the molecule is O=[N+]([O-])c1ccc(Cl)cc1OCCCOc1ccccc1. The van der Waals surface area contributed by atoms with Gasteiger partial charge in [-0.3, -0.25) is 10.1 Å². The summed E-state index contributed by atoms with van der Waals surface area (Å²) in [6.07, 6.45) is 0.610. The minimum atomic E-state index is -0.494. The number of nitro groups is 1. The number of para-hydroxylation sites is 1. The highest BCUT2D eigenvalue weighted by Crippen LogP contribution is 2.29. The zero-order valence-electron chi connectivity index (χ0n) is 11.2. The quantitative estimate of drug-likeness (QED) is 0.439. The van der Waals surface area contributed by atoms with Crippen LogP contribution in [-0.4, -0.2) is 18.1 Å². The van der Waals surface area contributed by atoms with E-state index in [1.807, 2.05) is 30.3 Å². The second kappa shape index (κ2) is 7.50. The number of benzene rings is 2. The molecule has 0 saturated carbocycles. The summed E-state index contributed by atoms with van der Waals surface area (Å²) in [6.45, 7) is 0.784. The van der Waals surface area contributed by atoms with E-state index in [9.17, 15) is 10.1 Å². The minimum absolute atomic E-state index is 0.0941. The van der Waals surface area contributed by atoms with Crippen LogP contribution < -0.4 is 9.47 Å². The van der Waals surface area contributed by atoms with E-state index in [4.69, 9.17) is 21.1 Å². The van der Waals surface area contributed by atoms with Crippen LogP contribution in [0.5, 0.6) is 11.5 Å². The standard InChI is InChI=1S/C15H14ClNO4/c16-12-7-8-14(17(18)19)15(11-12)21-10-4-9-20-13-5-2-1-3-6-13/h1-3,5-8,11H,4,9-10H2. The van der Waals surface area contributed by atoms with E-state index in [0.717, 1.165) is 5.75 Å². The van der Waals surface area contributed by atoms with Gasteiger partial charge in [0.15, 0.2) is 5.75 Å². The molecular weight excluding hydrogens is 294 g/mol. The fourth-order valence-corrected chi connectivity index (χ4v) is 1.86. The van der Waals surface area contributed by atoms with E-state index < -0.39 is 4.92 Å². The van der Waals surface area contributed by atoms with Gasteiger partial charge in [0.25, 0.3) is 0 Å². The zero-order chi connectivity index (χ0) is 15.1. The average Bonchev–Trinajstić information content (AvgIpc) is 2.48. The van der Waals surface area contributed by atoms with Crippen molar-refractivity contribution in [2.75, 3.05) is 13.2 Å². The third-order valence-corrected chi connectivity index (χ3v) is 2.91. The van der Waals surface area contributed by atoms with Crippen molar-refractivity contribution < 1.29 is 14.4 Å². The normalized spacial score (nSPS) is 10.1. The molecule has 0 aromatic heterocycles. The summed E-state index contributed by atoms with van der Waals surface area (Å²) >= 11 is 5.81. The van der Waals surface area contributed by atoms with Crippen LogP contribution in [0, 0.1) is 10.1 Å². The predicted octanol–water partition coefficient (Wildman–Crippen LogP) is 4.10. The molecular formula is C15H14ClNO4. The van der Waals surface area contributed by atoms with E-state index >= 15 is 0 Å². The van der Waals surface area contributed by atoms with Gasteiger partial charge in [0.2, 0.25) is 0 Å². The molecule has 6 heteroatoms. The molecule has 110 valence electrons. The van der Waals surface area contributed by atoms with Crippen LogP contribution in [0.15, 0.2) is 48.5 Å². The molecule has 0 aliphatic carbocycles. The van der Waals surface area contributed by atoms with Crippen molar-refractivity contribution in [1.82, 2.24) is 0 Å². The Kier molecular flexibility index (Phi) is 5.40. The van der Waals surface area contributed by atoms with E-state index in [-0.39, 0.29) is 11.4 Å². The van der Waals surface area contributed by atoms with Crippen molar-refractivity contribution >= 4 is 17.3 Å². The maximum atomic E-state index is 10.9. The number of nitro benzene ring substituents is 1. The highest BCUT2D eigenvalue weighted by atomic mass is 35.5. The first-order chi connectivity index (χ1) is 10.2. The number of ether oxygens (including phenoxy) is 2. The topological polar surface area (TPSA) is 61.6 Å². The molecule has 0 spiro atoms. The fraction of sp³-hybridized carbons (Fsp3) is 0.200. The molecule has 0 radical (unpaired) electrons. The van der Waals surface area contributed by atoms with Crippen LogP contribution in [-0.2, 0) is 0 Å². The zero-order valence-corrected chi connectivity index (χ0v) is 12.0. The number of nitrogens with zero attached hydrogens (tertiary/aromatic N) is 1. The lowest BCUT2D eigenvalue weighted by Crippen LogP contribution is -2.06. The van der Waals surface area contributed by atoms with Crippen molar-refractivity contribution in [1.29, 1.82) is 0 Å². The van der Waals surface area contributed by atoms with Gasteiger partial charge >= 0.3 is 5.69 Å². The summed E-state index contributed by atoms with van der Waals surface area (Å²) in [5.41, 5.74) is -0.0941. The van der Waals surface area contributed by atoms with Gasteiger partial charge in [-0.1, -0.05) is 29.8 Å². The second-order valence-electron chi connectivity index (χ2n) is 4.23. The van der Waals surface area contributed by atoms with Crippen LogP contribution in [0.4, 0.5) is 5.69 Å². The Labute approximate surface area is 127 Å². The van der Waals surface area contributed by atoms with Gasteiger partial charge in [0.05, 0.1) is 18.1 Å². The lowest BCUT2D eigenvalue weighted by Gasteiger charge is -2.08. The van der Waals surface area contributed by atoms with Crippen LogP contribution in [0.3, 0.4) is 0 Å². The first-order valence-electron chi connectivity index (χ1n) is 6.41. The third kappa shape index (κ3) is 4.65. The molecule has 0 aliphatic rings. The fourth-order valence-electron chi connectivity index (χ4n) is 1.70. The smallest absolute Gasteiger partial charge is 0.311 e. The summed E-state index contributed by atoms with van der Waals surface area (Å²) in [6, 6.07) is 13.7. The van der Waals surface area contributed by atoms with Crippen molar-refractivity contribution in [2.24, 2.45) is 0 Å². The molecule has 21 heavy (non-hydrogen) atoms. The lowest BCUT2D eigenvalue weighted by atomic mass is 10.3. The minimum Gasteiger partial charge on any atom is -0.493 e. The molecule has 0 N–H and O–H groups in total. The van der Waals surface area contributed by atoms with Gasteiger partial charge in [0.1, 0.15) is 5.75 Å². The van der Waals surface area contributed by atoms with Gasteiger partial charge in [-0.2, -0.15) is 0 Å².